The van der Waals surface area contributed by atoms with Gasteiger partial charge in [0, 0.05) is 24.9 Å². The van der Waals surface area contributed by atoms with E-state index in [1.165, 1.54) is 11.8 Å². The van der Waals surface area contributed by atoms with Crippen LogP contribution < -0.4 is 10.1 Å². The number of ether oxygens (including phenoxy) is 1. The van der Waals surface area contributed by atoms with E-state index in [0.29, 0.717) is 18.8 Å². The number of hydrogen-bond acceptors (Lipinski definition) is 7. The molecule has 1 aromatic carbocycles. The molecule has 0 spiro atoms. The molecule has 11 heteroatoms. The minimum Gasteiger partial charge on any atom is -0.375 e. The van der Waals surface area contributed by atoms with Crippen molar-refractivity contribution >= 4 is 33.1 Å². The summed E-state index contributed by atoms with van der Waals surface area (Å²) in [7, 11) is -3.35. The number of benzene rings is 1. The van der Waals surface area contributed by atoms with Crippen molar-refractivity contribution < 1.29 is 22.7 Å². The lowest BCUT2D eigenvalue weighted by atomic mass is 9.85. The lowest BCUT2D eigenvalue weighted by Gasteiger charge is -2.32. The molecule has 0 saturated carbocycles. The zero-order chi connectivity index (χ0) is 25.7. The summed E-state index contributed by atoms with van der Waals surface area (Å²) in [4.78, 5) is 32.9. The predicted octanol–water partition coefficient (Wildman–Crippen LogP) is 3.60. The lowest BCUT2D eigenvalue weighted by Crippen LogP contribution is -2.40. The molecule has 1 aliphatic heterocycles. The second kappa shape index (κ2) is 11.0. The third kappa shape index (κ3) is 6.51. The first kappa shape index (κ1) is 25.4. The van der Waals surface area contributed by atoms with Gasteiger partial charge in [0.1, 0.15) is 17.5 Å². The monoisotopic (exact) mass is 511 g/mol. The molecule has 10 nitrogen and oxygen atoms in total. The number of likely N-dealkylation sites (tertiary alicyclic amines) is 1. The number of nitrogens with one attached hydrogen (secondary N) is 2. The zero-order valence-electron chi connectivity index (χ0n) is 20.1. The summed E-state index contributed by atoms with van der Waals surface area (Å²) in [6.45, 7) is 1.02. The van der Waals surface area contributed by atoms with Gasteiger partial charge in [0.15, 0.2) is 9.84 Å². The van der Waals surface area contributed by atoms with Crippen LogP contribution in [-0.2, 0) is 14.6 Å². The van der Waals surface area contributed by atoms with Crippen molar-refractivity contribution in [1.82, 2.24) is 14.9 Å². The van der Waals surface area contributed by atoms with Crippen molar-refractivity contribution in [3.63, 3.8) is 0 Å². The van der Waals surface area contributed by atoms with E-state index in [9.17, 15) is 18.0 Å². The molecule has 1 aliphatic carbocycles. The van der Waals surface area contributed by atoms with E-state index in [1.807, 2.05) is 18.2 Å². The van der Waals surface area contributed by atoms with Crippen molar-refractivity contribution in [2.24, 2.45) is 0 Å². The molecule has 0 radical (unpaired) electrons. The fraction of sp³-hybridized carbons (Fsp3) is 0.440. The van der Waals surface area contributed by atoms with E-state index in [0.717, 1.165) is 55.9 Å². The Morgan fingerprint density at radius 3 is 2.69 bits per heavy atom. The largest absolute Gasteiger partial charge is 0.419 e. The Balaban J connectivity index is 1.49. The Bertz CT molecular complexity index is 1320. The Hall–Kier alpha value is -3.65. The highest BCUT2D eigenvalue weighted by atomic mass is 32.2. The number of nitriles is 1. The normalized spacial score (nSPS) is 16.7. The Morgan fingerprint density at radius 2 is 2.06 bits per heavy atom. The second-order valence-corrected chi connectivity index (χ2v) is 11.4. The molecule has 1 saturated heterocycles. The average molecular weight is 512 g/mol. The van der Waals surface area contributed by atoms with Gasteiger partial charge in [0.2, 0.25) is 5.91 Å². The van der Waals surface area contributed by atoms with Gasteiger partial charge in [-0.3, -0.25) is 15.1 Å². The summed E-state index contributed by atoms with van der Waals surface area (Å²) in [5.74, 6) is -0.577. The number of anilines is 1. The molecule has 2 aliphatic rings. The smallest absolute Gasteiger partial charge is 0.375 e. The van der Waals surface area contributed by atoms with E-state index in [4.69, 9.17) is 10.00 Å². The molecular formula is C25H29N5O5S. The minimum absolute atomic E-state index is 0.0590. The highest BCUT2D eigenvalue weighted by molar-refractivity contribution is 7.91. The fourth-order valence-electron chi connectivity index (χ4n) is 4.69. The highest BCUT2D eigenvalue weighted by Gasteiger charge is 2.26. The molecule has 0 bridgehead atoms. The van der Waals surface area contributed by atoms with Crippen LogP contribution in [0.1, 0.15) is 61.3 Å². The van der Waals surface area contributed by atoms with E-state index in [1.54, 1.807) is 4.90 Å². The van der Waals surface area contributed by atoms with Crippen LogP contribution in [-0.4, -0.2) is 60.4 Å². The summed E-state index contributed by atoms with van der Waals surface area (Å²) in [5, 5.41) is 11.7. The van der Waals surface area contributed by atoms with Gasteiger partial charge in [-0.1, -0.05) is 12.1 Å². The highest BCUT2D eigenvalue weighted by Crippen LogP contribution is 2.36. The number of nitrogens with zero attached hydrogens (tertiary/aromatic N) is 3. The zero-order valence-corrected chi connectivity index (χ0v) is 20.9. The van der Waals surface area contributed by atoms with E-state index in [2.05, 4.69) is 27.4 Å². The number of carbonyl (C=O) groups is 2. The van der Waals surface area contributed by atoms with E-state index < -0.39 is 21.7 Å². The Kier molecular flexibility index (Phi) is 7.74. The van der Waals surface area contributed by atoms with Gasteiger partial charge >= 0.3 is 12.1 Å². The number of allylic oxidation sites excluding steroid dienone is 2. The van der Waals surface area contributed by atoms with Gasteiger partial charge in [-0.05, 0) is 67.7 Å². The first-order valence-electron chi connectivity index (χ1n) is 11.9. The molecule has 4 rings (SSSR count). The van der Waals surface area contributed by atoms with Gasteiger partial charge in [-0.25, -0.2) is 18.2 Å². The van der Waals surface area contributed by atoms with Crippen LogP contribution in [0.2, 0.25) is 0 Å². The molecular weight excluding hydrogens is 482 g/mol. The van der Waals surface area contributed by atoms with Crippen molar-refractivity contribution in [3.8, 4) is 12.1 Å². The lowest BCUT2D eigenvalue weighted by molar-refractivity contribution is -0.129. The fourth-order valence-corrected chi connectivity index (χ4v) is 5.32. The number of imidazole rings is 1. The maximum Gasteiger partial charge on any atom is 0.419 e. The predicted molar refractivity (Wildman–Crippen MR) is 134 cm³/mol. The topological polar surface area (TPSA) is 145 Å². The quantitative estimate of drug-likeness (QED) is 0.602. The molecule has 2 amide bonds. The number of aromatic amines is 1. The van der Waals surface area contributed by atoms with Crippen LogP contribution in [0, 0.1) is 11.3 Å². The van der Waals surface area contributed by atoms with Gasteiger partial charge < -0.3 is 9.64 Å². The number of aromatic nitrogens is 2. The van der Waals surface area contributed by atoms with Crippen LogP contribution in [0.3, 0.4) is 0 Å². The standard InChI is InChI=1S/C25H29N5O5S/c1-36(33,34)16-23(31)30-11-9-17(10-12-30)19-7-8-22(21(13-19)18-5-3-2-4-6-18)29-25(32)35-24-27-15-20(14-26)28-24/h5,7-8,13,15,17H,2-4,6,9-12,16H2,1H3,(H,27,28)(H,29,32). The van der Waals surface area contributed by atoms with Crippen LogP contribution in [0.15, 0.2) is 30.5 Å². The van der Waals surface area contributed by atoms with E-state index in [-0.39, 0.29) is 23.5 Å². The summed E-state index contributed by atoms with van der Waals surface area (Å²) < 4.78 is 28.1. The van der Waals surface area contributed by atoms with E-state index >= 15 is 0 Å². The van der Waals surface area contributed by atoms with Crippen molar-refractivity contribution in [2.75, 3.05) is 30.4 Å². The molecule has 1 aromatic heterocycles. The number of sulfone groups is 1. The minimum atomic E-state index is -3.35. The number of piperidine rings is 1. The van der Waals surface area contributed by atoms with Gasteiger partial charge in [-0.15, -0.1) is 0 Å². The number of H-pyrrole nitrogens is 1. The second-order valence-electron chi connectivity index (χ2n) is 9.23. The molecule has 0 unspecified atom stereocenters. The summed E-state index contributed by atoms with van der Waals surface area (Å²) in [5.41, 5.74) is 4.06. The molecule has 2 heterocycles. The summed E-state index contributed by atoms with van der Waals surface area (Å²) in [6.07, 6.45) is 9.43. The average Bonchev–Trinajstić information content (AvgIpc) is 3.31. The van der Waals surface area contributed by atoms with Crippen LogP contribution in [0.4, 0.5) is 10.5 Å². The molecule has 1 fully saturated rings. The summed E-state index contributed by atoms with van der Waals surface area (Å²) in [6, 6.07) is 7.78. The first-order chi connectivity index (χ1) is 17.2. The summed E-state index contributed by atoms with van der Waals surface area (Å²) >= 11 is 0. The number of hydrogen-bond donors (Lipinski definition) is 2. The Labute approximate surface area is 210 Å². The van der Waals surface area contributed by atoms with Crippen LogP contribution in [0.5, 0.6) is 6.01 Å². The third-order valence-electron chi connectivity index (χ3n) is 6.48. The number of amides is 2. The number of carbonyl (C=O) groups excluding carboxylic acids is 2. The van der Waals surface area contributed by atoms with Crippen LogP contribution >= 0.6 is 0 Å². The van der Waals surface area contributed by atoms with Crippen molar-refractivity contribution in [1.29, 1.82) is 5.26 Å². The molecule has 2 aromatic rings. The first-order valence-corrected chi connectivity index (χ1v) is 14.0. The maximum atomic E-state index is 12.5. The molecule has 0 atom stereocenters. The third-order valence-corrected chi connectivity index (χ3v) is 7.26. The molecule has 190 valence electrons. The SMILES string of the molecule is CS(=O)(=O)CC(=O)N1CCC(c2ccc(NC(=O)Oc3ncc(C#N)[nH]3)c(C3=CCCCC3)c2)CC1. The van der Waals surface area contributed by atoms with Gasteiger partial charge in [-0.2, -0.15) is 5.26 Å². The van der Waals surface area contributed by atoms with Crippen LogP contribution in [0.25, 0.3) is 5.57 Å². The van der Waals surface area contributed by atoms with Gasteiger partial charge in [0.05, 0.1) is 11.9 Å². The van der Waals surface area contributed by atoms with Gasteiger partial charge in [0.25, 0.3) is 0 Å². The number of rotatable bonds is 6. The molecule has 2 N–H and O–H groups in total. The maximum absolute atomic E-state index is 12.5. The van der Waals surface area contributed by atoms with Crippen molar-refractivity contribution in [3.05, 3.63) is 47.3 Å². The van der Waals surface area contributed by atoms with Crippen molar-refractivity contribution in [2.45, 2.75) is 44.4 Å². The Morgan fingerprint density at radius 1 is 1.28 bits per heavy atom. The molecule has 36 heavy (non-hydrogen) atoms.